The number of nitrogens with one attached hydrogen (secondary N) is 1. The predicted molar refractivity (Wildman–Crippen MR) is 84.7 cm³/mol. The SMILES string of the molecule is COC(=O)CC(NC(=O)c1ccccc1Cl)c1ccccc1. The molecule has 0 radical (unpaired) electrons. The van der Waals surface area contributed by atoms with Crippen LogP contribution in [0.15, 0.2) is 54.6 Å². The van der Waals surface area contributed by atoms with Gasteiger partial charge in [-0.1, -0.05) is 54.1 Å². The van der Waals surface area contributed by atoms with Crippen LogP contribution in [0, 0.1) is 0 Å². The first-order valence-corrected chi connectivity index (χ1v) is 7.16. The summed E-state index contributed by atoms with van der Waals surface area (Å²) in [6, 6.07) is 15.6. The van der Waals surface area contributed by atoms with Crippen molar-refractivity contribution < 1.29 is 14.3 Å². The first-order chi connectivity index (χ1) is 10.6. The van der Waals surface area contributed by atoms with Gasteiger partial charge >= 0.3 is 5.97 Å². The second kappa shape index (κ2) is 7.61. The van der Waals surface area contributed by atoms with Gasteiger partial charge in [-0.05, 0) is 17.7 Å². The molecule has 4 nitrogen and oxygen atoms in total. The fourth-order valence-corrected chi connectivity index (χ4v) is 2.29. The molecule has 114 valence electrons. The molecule has 0 bridgehead atoms. The van der Waals surface area contributed by atoms with Crippen LogP contribution in [0.5, 0.6) is 0 Å². The third kappa shape index (κ3) is 4.09. The van der Waals surface area contributed by atoms with Gasteiger partial charge in [0.05, 0.1) is 30.2 Å². The summed E-state index contributed by atoms with van der Waals surface area (Å²) in [7, 11) is 1.32. The molecule has 5 heteroatoms. The molecular weight excluding hydrogens is 302 g/mol. The van der Waals surface area contributed by atoms with E-state index in [1.54, 1.807) is 24.3 Å². The van der Waals surface area contributed by atoms with Crippen LogP contribution in [0.4, 0.5) is 0 Å². The van der Waals surface area contributed by atoms with Crippen LogP contribution in [0.3, 0.4) is 0 Å². The molecular formula is C17H16ClNO3. The van der Waals surface area contributed by atoms with Crippen LogP contribution in [0.1, 0.15) is 28.4 Å². The fourth-order valence-electron chi connectivity index (χ4n) is 2.07. The molecule has 22 heavy (non-hydrogen) atoms. The molecule has 2 aromatic rings. The van der Waals surface area contributed by atoms with Crippen molar-refractivity contribution in [3.63, 3.8) is 0 Å². The molecule has 0 aliphatic rings. The Hall–Kier alpha value is -2.33. The third-order valence-corrected chi connectivity index (χ3v) is 3.55. The number of halogens is 1. The summed E-state index contributed by atoms with van der Waals surface area (Å²) in [6.45, 7) is 0. The van der Waals surface area contributed by atoms with Crippen molar-refractivity contribution in [2.24, 2.45) is 0 Å². The highest BCUT2D eigenvalue weighted by Crippen LogP contribution is 2.20. The highest BCUT2D eigenvalue weighted by Gasteiger charge is 2.20. The summed E-state index contributed by atoms with van der Waals surface area (Å²) >= 11 is 6.03. The Morgan fingerprint density at radius 1 is 1.09 bits per heavy atom. The lowest BCUT2D eigenvalue weighted by Gasteiger charge is -2.18. The largest absolute Gasteiger partial charge is 0.469 e. The van der Waals surface area contributed by atoms with Crippen molar-refractivity contribution in [2.75, 3.05) is 7.11 Å². The minimum Gasteiger partial charge on any atom is -0.469 e. The van der Waals surface area contributed by atoms with E-state index in [0.717, 1.165) is 5.56 Å². The van der Waals surface area contributed by atoms with Gasteiger partial charge in [0.1, 0.15) is 0 Å². The Bertz CT molecular complexity index is 658. The van der Waals surface area contributed by atoms with E-state index in [9.17, 15) is 9.59 Å². The molecule has 2 rings (SSSR count). The lowest BCUT2D eigenvalue weighted by molar-refractivity contribution is -0.141. The molecule has 0 spiro atoms. The van der Waals surface area contributed by atoms with Gasteiger partial charge in [-0.3, -0.25) is 9.59 Å². The number of esters is 1. The van der Waals surface area contributed by atoms with Crippen LogP contribution >= 0.6 is 11.6 Å². The van der Waals surface area contributed by atoms with Crippen molar-refractivity contribution in [1.29, 1.82) is 0 Å². The minimum absolute atomic E-state index is 0.0523. The zero-order valence-electron chi connectivity index (χ0n) is 12.1. The van der Waals surface area contributed by atoms with Crippen LogP contribution in [-0.4, -0.2) is 19.0 Å². The van der Waals surface area contributed by atoms with E-state index in [-0.39, 0.29) is 12.3 Å². The van der Waals surface area contributed by atoms with Crippen molar-refractivity contribution in [2.45, 2.75) is 12.5 Å². The van der Waals surface area contributed by atoms with Gasteiger partial charge in [0.25, 0.3) is 5.91 Å². The Kier molecular flexibility index (Phi) is 5.55. The van der Waals surface area contributed by atoms with Gasteiger partial charge in [-0.25, -0.2) is 0 Å². The number of amides is 1. The van der Waals surface area contributed by atoms with E-state index < -0.39 is 12.0 Å². The number of hydrogen-bond donors (Lipinski definition) is 1. The number of methoxy groups -OCH3 is 1. The highest BCUT2D eigenvalue weighted by molar-refractivity contribution is 6.33. The summed E-state index contributed by atoms with van der Waals surface area (Å²) < 4.78 is 4.70. The number of carbonyl (C=O) groups excluding carboxylic acids is 2. The number of rotatable bonds is 5. The maximum atomic E-state index is 12.4. The molecule has 0 heterocycles. The van der Waals surface area contributed by atoms with Crippen LogP contribution < -0.4 is 5.32 Å². The van der Waals surface area contributed by atoms with E-state index in [1.807, 2.05) is 30.3 Å². The molecule has 0 aliphatic carbocycles. The Labute approximate surface area is 134 Å². The summed E-state index contributed by atoms with van der Waals surface area (Å²) in [5.41, 5.74) is 1.20. The number of carbonyl (C=O) groups is 2. The number of hydrogen-bond acceptors (Lipinski definition) is 3. The van der Waals surface area contributed by atoms with Crippen LogP contribution in [-0.2, 0) is 9.53 Å². The van der Waals surface area contributed by atoms with E-state index in [4.69, 9.17) is 16.3 Å². The van der Waals surface area contributed by atoms with Crippen molar-refractivity contribution in [3.8, 4) is 0 Å². The van der Waals surface area contributed by atoms with Crippen molar-refractivity contribution in [1.82, 2.24) is 5.32 Å². The van der Waals surface area contributed by atoms with Gasteiger partial charge in [0, 0.05) is 0 Å². The summed E-state index contributed by atoms with van der Waals surface area (Å²) in [5.74, 6) is -0.725. The second-order valence-electron chi connectivity index (χ2n) is 4.70. The zero-order valence-corrected chi connectivity index (χ0v) is 12.8. The monoisotopic (exact) mass is 317 g/mol. The summed E-state index contributed by atoms with van der Waals surface area (Å²) in [4.78, 5) is 24.0. The topological polar surface area (TPSA) is 55.4 Å². The smallest absolute Gasteiger partial charge is 0.307 e. The standard InChI is InChI=1S/C17H16ClNO3/c1-22-16(20)11-15(12-7-3-2-4-8-12)19-17(21)13-9-5-6-10-14(13)18/h2-10,15H,11H2,1H3,(H,19,21). The van der Waals surface area contributed by atoms with E-state index >= 15 is 0 Å². The Morgan fingerprint density at radius 2 is 1.73 bits per heavy atom. The zero-order chi connectivity index (χ0) is 15.9. The average Bonchev–Trinajstić information content (AvgIpc) is 2.55. The first-order valence-electron chi connectivity index (χ1n) is 6.79. The lowest BCUT2D eigenvalue weighted by Crippen LogP contribution is -2.30. The molecule has 2 aromatic carbocycles. The van der Waals surface area contributed by atoms with E-state index in [2.05, 4.69) is 5.32 Å². The maximum absolute atomic E-state index is 12.4. The molecule has 0 aromatic heterocycles. The predicted octanol–water partition coefficient (Wildman–Crippen LogP) is 3.37. The fraction of sp³-hybridized carbons (Fsp3) is 0.176. The van der Waals surface area contributed by atoms with Gasteiger partial charge < -0.3 is 10.1 Å². The highest BCUT2D eigenvalue weighted by atomic mass is 35.5. The number of ether oxygens (including phenoxy) is 1. The molecule has 0 aliphatic heterocycles. The quantitative estimate of drug-likeness (QED) is 0.860. The van der Waals surface area contributed by atoms with Crippen LogP contribution in [0.25, 0.3) is 0 Å². The molecule has 1 atom stereocenters. The molecule has 0 fully saturated rings. The van der Waals surface area contributed by atoms with Gasteiger partial charge in [0.15, 0.2) is 0 Å². The van der Waals surface area contributed by atoms with Gasteiger partial charge in [-0.2, -0.15) is 0 Å². The first kappa shape index (κ1) is 16.0. The molecule has 1 unspecified atom stereocenters. The summed E-state index contributed by atoms with van der Waals surface area (Å²) in [5, 5.41) is 3.20. The number of benzene rings is 2. The summed E-state index contributed by atoms with van der Waals surface area (Å²) in [6.07, 6.45) is 0.0523. The maximum Gasteiger partial charge on any atom is 0.307 e. The lowest BCUT2D eigenvalue weighted by atomic mass is 10.0. The van der Waals surface area contributed by atoms with E-state index in [1.165, 1.54) is 7.11 Å². The minimum atomic E-state index is -0.475. The Morgan fingerprint density at radius 3 is 2.36 bits per heavy atom. The van der Waals surface area contributed by atoms with Crippen LogP contribution in [0.2, 0.25) is 5.02 Å². The molecule has 0 saturated carbocycles. The second-order valence-corrected chi connectivity index (χ2v) is 5.10. The van der Waals surface area contributed by atoms with Crippen molar-refractivity contribution >= 4 is 23.5 Å². The average molecular weight is 318 g/mol. The van der Waals surface area contributed by atoms with Gasteiger partial charge in [0.2, 0.25) is 0 Å². The molecule has 1 N–H and O–H groups in total. The van der Waals surface area contributed by atoms with E-state index in [0.29, 0.717) is 10.6 Å². The Balaban J connectivity index is 2.21. The third-order valence-electron chi connectivity index (χ3n) is 3.22. The molecule has 1 amide bonds. The normalized spacial score (nSPS) is 11.5. The van der Waals surface area contributed by atoms with Crippen molar-refractivity contribution in [3.05, 3.63) is 70.7 Å². The molecule has 0 saturated heterocycles. The van der Waals surface area contributed by atoms with Gasteiger partial charge in [-0.15, -0.1) is 0 Å².